The lowest BCUT2D eigenvalue weighted by molar-refractivity contribution is -0.144. The van der Waals surface area contributed by atoms with Crippen LogP contribution in [0.25, 0.3) is 0 Å². The maximum absolute atomic E-state index is 11.3. The highest BCUT2D eigenvalue weighted by atomic mass is 16.5. The third-order valence-corrected chi connectivity index (χ3v) is 2.76. The van der Waals surface area contributed by atoms with Crippen molar-refractivity contribution in [2.45, 2.75) is 57.9 Å². The Morgan fingerprint density at radius 1 is 1.11 bits per heavy atom. The minimum absolute atomic E-state index is 0.0811. The number of ether oxygens (including phenoxy) is 2. The van der Waals surface area contributed by atoms with E-state index in [9.17, 15) is 9.59 Å². The van der Waals surface area contributed by atoms with Crippen LogP contribution in [-0.4, -0.2) is 31.7 Å². The molecule has 0 rings (SSSR count). The van der Waals surface area contributed by atoms with E-state index in [1.165, 1.54) is 7.11 Å². The number of methoxy groups -OCH3 is 1. The first-order valence-corrected chi connectivity index (χ1v) is 6.58. The van der Waals surface area contributed by atoms with Crippen LogP contribution in [0.15, 0.2) is 0 Å². The smallest absolute Gasteiger partial charge is 0.305 e. The van der Waals surface area contributed by atoms with E-state index in [2.05, 4.69) is 4.74 Å². The first kappa shape index (κ1) is 16.9. The highest BCUT2D eigenvalue weighted by Crippen LogP contribution is 2.03. The molecule has 0 aromatic heterocycles. The van der Waals surface area contributed by atoms with Crippen LogP contribution in [0.3, 0.4) is 0 Å². The van der Waals surface area contributed by atoms with Gasteiger partial charge in [-0.25, -0.2) is 0 Å². The van der Waals surface area contributed by atoms with Gasteiger partial charge in [0.05, 0.1) is 13.7 Å². The molecule has 0 saturated heterocycles. The summed E-state index contributed by atoms with van der Waals surface area (Å²) < 4.78 is 9.58. The number of esters is 2. The van der Waals surface area contributed by atoms with E-state index in [0.29, 0.717) is 25.9 Å². The van der Waals surface area contributed by atoms with Gasteiger partial charge in [0, 0.05) is 18.9 Å². The topological polar surface area (TPSA) is 78.6 Å². The molecule has 0 aliphatic carbocycles. The van der Waals surface area contributed by atoms with Crippen molar-refractivity contribution in [1.82, 2.24) is 0 Å². The van der Waals surface area contributed by atoms with Crippen molar-refractivity contribution >= 4 is 11.9 Å². The Hall–Kier alpha value is -1.10. The van der Waals surface area contributed by atoms with Crippen molar-refractivity contribution < 1.29 is 19.1 Å². The van der Waals surface area contributed by atoms with E-state index in [-0.39, 0.29) is 18.0 Å². The van der Waals surface area contributed by atoms with E-state index >= 15 is 0 Å². The van der Waals surface area contributed by atoms with Crippen LogP contribution in [-0.2, 0) is 19.1 Å². The molecule has 2 N–H and O–H groups in total. The normalized spacial score (nSPS) is 11.9. The number of nitrogens with two attached hydrogens (primary N) is 1. The van der Waals surface area contributed by atoms with Crippen LogP contribution < -0.4 is 5.73 Å². The lowest BCUT2D eigenvalue weighted by atomic mass is 10.1. The van der Waals surface area contributed by atoms with E-state index in [1.54, 1.807) is 0 Å². The molecule has 5 heteroatoms. The molecule has 1 unspecified atom stereocenters. The predicted octanol–water partition coefficient (Wildman–Crippen LogP) is 1.78. The molecule has 5 nitrogen and oxygen atoms in total. The summed E-state index contributed by atoms with van der Waals surface area (Å²) in [6.07, 6.45) is 4.77. The Labute approximate surface area is 109 Å². The van der Waals surface area contributed by atoms with E-state index in [1.807, 2.05) is 6.92 Å². The van der Waals surface area contributed by atoms with Crippen LogP contribution in [0.4, 0.5) is 0 Å². The average molecular weight is 259 g/mol. The average Bonchev–Trinajstić information content (AvgIpc) is 2.39. The van der Waals surface area contributed by atoms with Gasteiger partial charge in [-0.05, 0) is 32.1 Å². The zero-order valence-corrected chi connectivity index (χ0v) is 11.4. The molecule has 18 heavy (non-hydrogen) atoms. The largest absolute Gasteiger partial charge is 0.469 e. The van der Waals surface area contributed by atoms with Crippen LogP contribution in [0.2, 0.25) is 0 Å². The van der Waals surface area contributed by atoms with Gasteiger partial charge in [0.25, 0.3) is 0 Å². The molecule has 0 aromatic carbocycles. The second kappa shape index (κ2) is 11.0. The van der Waals surface area contributed by atoms with Gasteiger partial charge in [-0.3, -0.25) is 9.59 Å². The molecule has 106 valence electrons. The minimum Gasteiger partial charge on any atom is -0.469 e. The molecule has 0 aromatic rings. The molecule has 0 aliphatic rings. The highest BCUT2D eigenvalue weighted by molar-refractivity contribution is 5.69. The Bertz CT molecular complexity index is 243. The van der Waals surface area contributed by atoms with Crippen LogP contribution in [0.5, 0.6) is 0 Å². The standard InChI is InChI=1S/C13H25NO4/c1-3-11(14)8-9-13(16)18-10-6-4-5-7-12(15)17-2/h11H,3-10,14H2,1-2H3. The molecule has 0 radical (unpaired) electrons. The fourth-order valence-corrected chi connectivity index (χ4v) is 1.42. The van der Waals surface area contributed by atoms with Crippen molar-refractivity contribution in [2.75, 3.05) is 13.7 Å². The highest BCUT2D eigenvalue weighted by Gasteiger charge is 2.06. The summed E-state index contributed by atoms with van der Waals surface area (Å²) in [5, 5.41) is 0. The third-order valence-electron chi connectivity index (χ3n) is 2.76. The fourth-order valence-electron chi connectivity index (χ4n) is 1.42. The van der Waals surface area contributed by atoms with Gasteiger partial charge < -0.3 is 15.2 Å². The Morgan fingerprint density at radius 3 is 2.44 bits per heavy atom. The lowest BCUT2D eigenvalue weighted by Crippen LogP contribution is -2.20. The summed E-state index contributed by atoms with van der Waals surface area (Å²) in [6.45, 7) is 2.42. The molecule has 0 heterocycles. The maximum Gasteiger partial charge on any atom is 0.305 e. The number of hydrogen-bond donors (Lipinski definition) is 1. The van der Waals surface area contributed by atoms with Gasteiger partial charge in [0.1, 0.15) is 0 Å². The van der Waals surface area contributed by atoms with Gasteiger partial charge in [-0.15, -0.1) is 0 Å². The first-order valence-electron chi connectivity index (χ1n) is 6.58. The van der Waals surface area contributed by atoms with Crippen LogP contribution >= 0.6 is 0 Å². The van der Waals surface area contributed by atoms with E-state index in [0.717, 1.165) is 25.7 Å². The molecular formula is C13H25NO4. The summed E-state index contributed by atoms with van der Waals surface area (Å²) in [5.74, 6) is -0.382. The van der Waals surface area contributed by atoms with Crippen molar-refractivity contribution in [3.63, 3.8) is 0 Å². The molecule has 1 atom stereocenters. The minimum atomic E-state index is -0.194. The van der Waals surface area contributed by atoms with Crippen LogP contribution in [0.1, 0.15) is 51.9 Å². The van der Waals surface area contributed by atoms with E-state index in [4.69, 9.17) is 10.5 Å². The van der Waals surface area contributed by atoms with Gasteiger partial charge in [-0.2, -0.15) is 0 Å². The zero-order valence-electron chi connectivity index (χ0n) is 11.4. The van der Waals surface area contributed by atoms with Crippen molar-refractivity contribution in [3.8, 4) is 0 Å². The quantitative estimate of drug-likeness (QED) is 0.478. The molecule has 0 aliphatic heterocycles. The predicted molar refractivity (Wildman–Crippen MR) is 68.9 cm³/mol. The summed E-state index contributed by atoms with van der Waals surface area (Å²) in [6, 6.07) is 0.0811. The molecule has 0 bridgehead atoms. The van der Waals surface area contributed by atoms with Gasteiger partial charge in [-0.1, -0.05) is 6.92 Å². The third kappa shape index (κ3) is 10.1. The van der Waals surface area contributed by atoms with Crippen molar-refractivity contribution in [1.29, 1.82) is 0 Å². The summed E-state index contributed by atoms with van der Waals surface area (Å²) in [7, 11) is 1.38. The van der Waals surface area contributed by atoms with Crippen LogP contribution in [0, 0.1) is 0 Å². The lowest BCUT2D eigenvalue weighted by Gasteiger charge is -2.08. The zero-order chi connectivity index (χ0) is 13.8. The number of carbonyl (C=O) groups is 2. The summed E-state index contributed by atoms with van der Waals surface area (Å²) in [5.41, 5.74) is 5.71. The second-order valence-corrected chi connectivity index (χ2v) is 4.31. The number of hydrogen-bond acceptors (Lipinski definition) is 5. The molecule has 0 saturated carbocycles. The summed E-state index contributed by atoms with van der Waals surface area (Å²) in [4.78, 5) is 22.1. The van der Waals surface area contributed by atoms with Crippen molar-refractivity contribution in [2.24, 2.45) is 5.73 Å². The van der Waals surface area contributed by atoms with E-state index < -0.39 is 0 Å². The first-order chi connectivity index (χ1) is 8.60. The molecule has 0 amide bonds. The number of unbranched alkanes of at least 4 members (excludes halogenated alkanes) is 2. The maximum atomic E-state index is 11.3. The number of carbonyl (C=O) groups excluding carboxylic acids is 2. The molecule has 0 spiro atoms. The Kier molecular flexibility index (Phi) is 10.3. The Balaban J connectivity index is 3.33. The monoisotopic (exact) mass is 259 g/mol. The molecule has 0 fully saturated rings. The van der Waals surface area contributed by atoms with Crippen molar-refractivity contribution in [3.05, 3.63) is 0 Å². The van der Waals surface area contributed by atoms with Gasteiger partial charge in [0.2, 0.25) is 0 Å². The Morgan fingerprint density at radius 2 is 1.83 bits per heavy atom. The number of rotatable bonds is 10. The second-order valence-electron chi connectivity index (χ2n) is 4.31. The summed E-state index contributed by atoms with van der Waals surface area (Å²) >= 11 is 0. The molecular weight excluding hydrogens is 234 g/mol. The van der Waals surface area contributed by atoms with Gasteiger partial charge >= 0.3 is 11.9 Å². The fraction of sp³-hybridized carbons (Fsp3) is 0.846. The van der Waals surface area contributed by atoms with Gasteiger partial charge in [0.15, 0.2) is 0 Å². The SMILES string of the molecule is CCC(N)CCC(=O)OCCCCCC(=O)OC.